The molecule has 0 radical (unpaired) electrons. The summed E-state index contributed by atoms with van der Waals surface area (Å²) in [7, 11) is 1.96. The zero-order chi connectivity index (χ0) is 14.5. The molecule has 1 aromatic heterocycles. The second-order valence-electron chi connectivity index (χ2n) is 4.54. The molecular formula is C15H20FN3S. The van der Waals surface area contributed by atoms with E-state index in [4.69, 9.17) is 4.98 Å². The lowest BCUT2D eigenvalue weighted by molar-refractivity contribution is 0.628. The molecule has 1 aromatic carbocycles. The number of hydrogen-bond donors (Lipinski definition) is 1. The van der Waals surface area contributed by atoms with E-state index in [0.717, 1.165) is 36.0 Å². The summed E-state index contributed by atoms with van der Waals surface area (Å²) in [5.41, 5.74) is 2.08. The second-order valence-corrected chi connectivity index (χ2v) is 5.60. The molecule has 3 nitrogen and oxygen atoms in total. The van der Waals surface area contributed by atoms with Crippen molar-refractivity contribution in [1.29, 1.82) is 0 Å². The van der Waals surface area contributed by atoms with E-state index >= 15 is 0 Å². The van der Waals surface area contributed by atoms with E-state index in [2.05, 4.69) is 19.2 Å². The summed E-state index contributed by atoms with van der Waals surface area (Å²) in [5.74, 6) is -0.219. The summed E-state index contributed by atoms with van der Waals surface area (Å²) >= 11 is 1.69. The van der Waals surface area contributed by atoms with E-state index in [9.17, 15) is 4.39 Å². The highest BCUT2D eigenvalue weighted by Gasteiger charge is 2.13. The Kier molecular flexibility index (Phi) is 5.09. The fourth-order valence-corrected chi connectivity index (χ4v) is 3.04. The number of hydrogen-bond acceptors (Lipinski definition) is 4. The van der Waals surface area contributed by atoms with Gasteiger partial charge in [-0.15, -0.1) is 0 Å². The molecule has 108 valence electrons. The Bertz CT molecular complexity index is 551. The van der Waals surface area contributed by atoms with Crippen LogP contribution in [0.2, 0.25) is 0 Å². The number of aryl methyl sites for hydroxylation is 1. The average Bonchev–Trinajstić information content (AvgIpc) is 2.88. The van der Waals surface area contributed by atoms with Crippen molar-refractivity contribution in [1.82, 2.24) is 10.3 Å². The zero-order valence-corrected chi connectivity index (χ0v) is 12.9. The Morgan fingerprint density at radius 1 is 1.25 bits per heavy atom. The third-order valence-corrected chi connectivity index (χ3v) is 4.31. The van der Waals surface area contributed by atoms with E-state index in [-0.39, 0.29) is 5.82 Å². The number of thiazole rings is 1. The highest BCUT2D eigenvalue weighted by Crippen LogP contribution is 2.30. The van der Waals surface area contributed by atoms with Crippen LogP contribution in [-0.4, -0.2) is 18.6 Å². The van der Waals surface area contributed by atoms with Gasteiger partial charge < -0.3 is 10.2 Å². The zero-order valence-electron chi connectivity index (χ0n) is 12.1. The molecule has 0 fully saturated rings. The van der Waals surface area contributed by atoms with Crippen LogP contribution in [0.25, 0.3) is 0 Å². The maximum Gasteiger partial charge on any atom is 0.190 e. The van der Waals surface area contributed by atoms with Crippen molar-refractivity contribution in [2.45, 2.75) is 26.8 Å². The van der Waals surface area contributed by atoms with Gasteiger partial charge in [0.1, 0.15) is 5.82 Å². The average molecular weight is 293 g/mol. The van der Waals surface area contributed by atoms with Crippen LogP contribution in [0.3, 0.4) is 0 Å². The van der Waals surface area contributed by atoms with Crippen molar-refractivity contribution < 1.29 is 4.39 Å². The van der Waals surface area contributed by atoms with Gasteiger partial charge in [0, 0.05) is 24.2 Å². The summed E-state index contributed by atoms with van der Waals surface area (Å²) in [6, 6.07) is 6.48. The van der Waals surface area contributed by atoms with Gasteiger partial charge in [-0.05, 0) is 37.2 Å². The fourth-order valence-electron chi connectivity index (χ4n) is 1.94. The van der Waals surface area contributed by atoms with Crippen LogP contribution in [0.15, 0.2) is 24.3 Å². The maximum atomic E-state index is 13.0. The number of nitrogens with zero attached hydrogens (tertiary/aromatic N) is 2. The van der Waals surface area contributed by atoms with E-state index in [1.165, 1.54) is 17.0 Å². The third kappa shape index (κ3) is 3.35. The Morgan fingerprint density at radius 2 is 1.95 bits per heavy atom. The molecule has 0 spiro atoms. The van der Waals surface area contributed by atoms with Crippen LogP contribution in [0.1, 0.15) is 24.4 Å². The molecule has 2 aromatic rings. The van der Waals surface area contributed by atoms with Gasteiger partial charge in [-0.25, -0.2) is 9.37 Å². The van der Waals surface area contributed by atoms with Crippen LogP contribution in [0.5, 0.6) is 0 Å². The van der Waals surface area contributed by atoms with Gasteiger partial charge in [-0.3, -0.25) is 0 Å². The monoisotopic (exact) mass is 293 g/mol. The van der Waals surface area contributed by atoms with Gasteiger partial charge in [-0.1, -0.05) is 25.2 Å². The number of benzene rings is 1. The van der Waals surface area contributed by atoms with Gasteiger partial charge in [0.2, 0.25) is 0 Å². The molecule has 0 unspecified atom stereocenters. The number of anilines is 2. The highest BCUT2D eigenvalue weighted by atomic mass is 32.1. The molecule has 0 amide bonds. The minimum absolute atomic E-state index is 0.219. The van der Waals surface area contributed by atoms with Crippen molar-refractivity contribution in [2.24, 2.45) is 0 Å². The van der Waals surface area contributed by atoms with Crippen molar-refractivity contribution >= 4 is 22.2 Å². The third-order valence-electron chi connectivity index (χ3n) is 3.14. The van der Waals surface area contributed by atoms with Crippen LogP contribution < -0.4 is 10.2 Å². The largest absolute Gasteiger partial charge is 0.321 e. The van der Waals surface area contributed by atoms with Crippen molar-refractivity contribution in [3.8, 4) is 0 Å². The number of nitrogens with one attached hydrogen (secondary N) is 1. The molecule has 0 saturated heterocycles. The fraction of sp³-hybridized carbons (Fsp3) is 0.400. The summed E-state index contributed by atoms with van der Waals surface area (Å²) in [6.45, 7) is 6.02. The van der Waals surface area contributed by atoms with Crippen LogP contribution in [0, 0.1) is 5.82 Å². The lowest BCUT2D eigenvalue weighted by Gasteiger charge is -2.15. The van der Waals surface area contributed by atoms with Gasteiger partial charge in [0.25, 0.3) is 0 Å². The Labute approximate surface area is 123 Å². The van der Waals surface area contributed by atoms with Gasteiger partial charge in [0.05, 0.1) is 5.69 Å². The Morgan fingerprint density at radius 3 is 2.55 bits per heavy atom. The minimum atomic E-state index is -0.219. The standard InChI is InChI=1S/C15H20FN3S/c1-4-13-14(10-17-5-2)20-15(18-13)19(3)12-8-6-11(16)7-9-12/h6-9,17H,4-5,10H2,1-3H3. The number of rotatable bonds is 6. The van der Waals surface area contributed by atoms with Crippen molar-refractivity contribution in [3.63, 3.8) is 0 Å². The van der Waals surface area contributed by atoms with Crippen LogP contribution >= 0.6 is 11.3 Å². The molecular weight excluding hydrogens is 273 g/mol. The number of halogens is 1. The first-order valence-electron chi connectivity index (χ1n) is 6.84. The molecule has 0 aliphatic rings. The summed E-state index contributed by atoms with van der Waals surface area (Å²) in [6.07, 6.45) is 0.925. The quantitative estimate of drug-likeness (QED) is 0.880. The molecule has 20 heavy (non-hydrogen) atoms. The summed E-state index contributed by atoms with van der Waals surface area (Å²) < 4.78 is 13.0. The van der Waals surface area contributed by atoms with Gasteiger partial charge in [0.15, 0.2) is 5.13 Å². The Balaban J connectivity index is 2.23. The minimum Gasteiger partial charge on any atom is -0.321 e. The van der Waals surface area contributed by atoms with Gasteiger partial charge in [-0.2, -0.15) is 0 Å². The van der Waals surface area contributed by atoms with Crippen molar-refractivity contribution in [3.05, 3.63) is 40.7 Å². The molecule has 2 rings (SSSR count). The number of aromatic nitrogens is 1. The Hall–Kier alpha value is -1.46. The topological polar surface area (TPSA) is 28.2 Å². The molecule has 0 aliphatic heterocycles. The molecule has 0 aliphatic carbocycles. The van der Waals surface area contributed by atoms with Crippen LogP contribution in [0.4, 0.5) is 15.2 Å². The molecule has 1 heterocycles. The maximum absolute atomic E-state index is 13.0. The highest BCUT2D eigenvalue weighted by molar-refractivity contribution is 7.15. The van der Waals surface area contributed by atoms with E-state index in [0.29, 0.717) is 0 Å². The molecule has 0 atom stereocenters. The normalized spacial score (nSPS) is 10.8. The lowest BCUT2D eigenvalue weighted by Crippen LogP contribution is -2.11. The molecule has 5 heteroatoms. The van der Waals surface area contributed by atoms with E-state index in [1.807, 2.05) is 11.9 Å². The van der Waals surface area contributed by atoms with E-state index in [1.54, 1.807) is 23.5 Å². The van der Waals surface area contributed by atoms with Gasteiger partial charge >= 0.3 is 0 Å². The molecule has 0 saturated carbocycles. The predicted octanol–water partition coefficient (Wildman–Crippen LogP) is 3.72. The first-order chi connectivity index (χ1) is 9.65. The summed E-state index contributed by atoms with van der Waals surface area (Å²) in [5, 5.41) is 4.29. The van der Waals surface area contributed by atoms with Crippen molar-refractivity contribution in [2.75, 3.05) is 18.5 Å². The summed E-state index contributed by atoms with van der Waals surface area (Å²) in [4.78, 5) is 7.97. The van der Waals surface area contributed by atoms with Crippen LogP contribution in [-0.2, 0) is 13.0 Å². The lowest BCUT2D eigenvalue weighted by atomic mass is 10.3. The first-order valence-corrected chi connectivity index (χ1v) is 7.66. The molecule has 1 N–H and O–H groups in total. The first kappa shape index (κ1) is 14.9. The SMILES string of the molecule is CCNCc1sc(N(C)c2ccc(F)cc2)nc1CC. The molecule has 0 bridgehead atoms. The second kappa shape index (κ2) is 6.81. The predicted molar refractivity (Wildman–Crippen MR) is 83.3 cm³/mol. The van der Waals surface area contributed by atoms with E-state index < -0.39 is 0 Å². The smallest absolute Gasteiger partial charge is 0.190 e.